The van der Waals surface area contributed by atoms with Gasteiger partial charge in [-0.2, -0.15) is 0 Å². The molecule has 1 aromatic heterocycles. The molecule has 0 saturated carbocycles. The Morgan fingerprint density at radius 1 is 1.47 bits per heavy atom. The molecule has 5 heteroatoms. The summed E-state index contributed by atoms with van der Waals surface area (Å²) >= 11 is 7.65. The van der Waals surface area contributed by atoms with Gasteiger partial charge in [0.1, 0.15) is 5.15 Å². The minimum absolute atomic E-state index is 0.582. The predicted octanol–water partition coefficient (Wildman–Crippen LogP) is 3.12. The van der Waals surface area contributed by atoms with Crippen LogP contribution in [-0.2, 0) is 0 Å². The minimum atomic E-state index is 0.582. The van der Waals surface area contributed by atoms with Gasteiger partial charge in [0, 0.05) is 20.6 Å². The zero-order valence-corrected chi connectivity index (χ0v) is 12.4. The SMILES string of the molecule is CC(C)CNCC=Cc1sc(N(C)C)nc1Cl. The Hall–Kier alpha value is -0.580. The van der Waals surface area contributed by atoms with E-state index in [9.17, 15) is 0 Å². The van der Waals surface area contributed by atoms with Crippen LogP contribution in [0.2, 0.25) is 5.15 Å². The van der Waals surface area contributed by atoms with Crippen LogP contribution < -0.4 is 10.2 Å². The molecule has 3 nitrogen and oxygen atoms in total. The van der Waals surface area contributed by atoms with Gasteiger partial charge in [-0.25, -0.2) is 4.98 Å². The van der Waals surface area contributed by atoms with Gasteiger partial charge in [0.2, 0.25) is 0 Å². The van der Waals surface area contributed by atoms with Crippen LogP contribution in [0.15, 0.2) is 6.08 Å². The maximum atomic E-state index is 6.05. The van der Waals surface area contributed by atoms with E-state index in [0.717, 1.165) is 23.1 Å². The van der Waals surface area contributed by atoms with Crippen molar-refractivity contribution in [3.8, 4) is 0 Å². The fourth-order valence-electron chi connectivity index (χ4n) is 1.22. The molecule has 0 aromatic carbocycles. The summed E-state index contributed by atoms with van der Waals surface area (Å²) in [5, 5.41) is 4.87. The van der Waals surface area contributed by atoms with Crippen molar-refractivity contribution in [2.24, 2.45) is 5.92 Å². The topological polar surface area (TPSA) is 28.2 Å². The number of anilines is 1. The summed E-state index contributed by atoms with van der Waals surface area (Å²) in [4.78, 5) is 7.25. The zero-order valence-electron chi connectivity index (χ0n) is 10.8. The van der Waals surface area contributed by atoms with Gasteiger partial charge in [-0.3, -0.25) is 0 Å². The summed E-state index contributed by atoms with van der Waals surface area (Å²) < 4.78 is 0. The van der Waals surface area contributed by atoms with Gasteiger partial charge in [-0.05, 0) is 18.5 Å². The van der Waals surface area contributed by atoms with E-state index in [-0.39, 0.29) is 0 Å². The Morgan fingerprint density at radius 3 is 2.71 bits per heavy atom. The summed E-state index contributed by atoms with van der Waals surface area (Å²) in [7, 11) is 3.93. The van der Waals surface area contributed by atoms with Crippen LogP contribution in [-0.4, -0.2) is 32.2 Å². The molecule has 0 saturated heterocycles. The summed E-state index contributed by atoms with van der Waals surface area (Å²) in [6, 6.07) is 0. The lowest BCUT2D eigenvalue weighted by Gasteiger charge is -2.04. The second-order valence-electron chi connectivity index (χ2n) is 4.50. The normalized spacial score (nSPS) is 11.6. The van der Waals surface area contributed by atoms with Crippen molar-refractivity contribution in [2.45, 2.75) is 13.8 Å². The van der Waals surface area contributed by atoms with Crippen LogP contribution in [0.1, 0.15) is 18.7 Å². The van der Waals surface area contributed by atoms with Gasteiger partial charge in [0.05, 0.1) is 4.88 Å². The molecule has 0 aliphatic heterocycles. The highest BCUT2D eigenvalue weighted by Crippen LogP contribution is 2.29. The lowest BCUT2D eigenvalue weighted by atomic mass is 10.2. The average Bonchev–Trinajstić information content (AvgIpc) is 2.59. The highest BCUT2D eigenvalue weighted by atomic mass is 35.5. The highest BCUT2D eigenvalue weighted by Gasteiger charge is 2.07. The Morgan fingerprint density at radius 2 is 2.18 bits per heavy atom. The lowest BCUT2D eigenvalue weighted by Crippen LogP contribution is -2.19. The largest absolute Gasteiger partial charge is 0.354 e. The van der Waals surface area contributed by atoms with Crippen LogP contribution in [0, 0.1) is 5.92 Å². The third-order valence-corrected chi connectivity index (χ3v) is 3.65. The molecule has 17 heavy (non-hydrogen) atoms. The van der Waals surface area contributed by atoms with E-state index in [4.69, 9.17) is 11.6 Å². The number of nitrogens with one attached hydrogen (secondary N) is 1. The standard InChI is InChI=1S/C12H20ClN3S/c1-9(2)8-14-7-5-6-10-11(13)15-12(17-10)16(3)4/h5-6,9,14H,7-8H2,1-4H3. The molecule has 96 valence electrons. The molecule has 0 bridgehead atoms. The lowest BCUT2D eigenvalue weighted by molar-refractivity contribution is 0.577. The van der Waals surface area contributed by atoms with E-state index in [1.807, 2.05) is 25.1 Å². The van der Waals surface area contributed by atoms with Crippen LogP contribution in [0.5, 0.6) is 0 Å². The predicted molar refractivity (Wildman–Crippen MR) is 78.2 cm³/mol. The molecule has 0 aliphatic rings. The molecule has 0 atom stereocenters. The summed E-state index contributed by atoms with van der Waals surface area (Å²) in [5.41, 5.74) is 0. The van der Waals surface area contributed by atoms with Gasteiger partial charge < -0.3 is 10.2 Å². The summed E-state index contributed by atoms with van der Waals surface area (Å²) in [5.74, 6) is 0.677. The molecule has 0 amide bonds. The van der Waals surface area contributed by atoms with E-state index >= 15 is 0 Å². The number of rotatable bonds is 6. The van der Waals surface area contributed by atoms with Crippen LogP contribution in [0.3, 0.4) is 0 Å². The molecule has 0 fully saturated rings. The number of hydrogen-bond acceptors (Lipinski definition) is 4. The first-order valence-electron chi connectivity index (χ1n) is 5.71. The smallest absolute Gasteiger partial charge is 0.186 e. The molecule has 1 heterocycles. The molecule has 1 N–H and O–H groups in total. The third-order valence-electron chi connectivity index (χ3n) is 2.06. The Labute approximate surface area is 112 Å². The fraction of sp³-hybridized carbons (Fsp3) is 0.583. The van der Waals surface area contributed by atoms with E-state index in [0.29, 0.717) is 11.1 Å². The number of aromatic nitrogens is 1. The van der Waals surface area contributed by atoms with Crippen LogP contribution >= 0.6 is 22.9 Å². The summed E-state index contributed by atoms with van der Waals surface area (Å²) in [6.07, 6.45) is 4.11. The van der Waals surface area contributed by atoms with Crippen molar-refractivity contribution >= 4 is 34.1 Å². The molecule has 1 rings (SSSR count). The second kappa shape index (κ2) is 6.99. The quantitative estimate of drug-likeness (QED) is 0.807. The van der Waals surface area contributed by atoms with Gasteiger partial charge >= 0.3 is 0 Å². The fourth-order valence-corrected chi connectivity index (χ4v) is 2.34. The van der Waals surface area contributed by atoms with E-state index in [1.165, 1.54) is 0 Å². The zero-order chi connectivity index (χ0) is 12.8. The Kier molecular flexibility index (Phi) is 5.95. The van der Waals surface area contributed by atoms with Crippen molar-refractivity contribution < 1.29 is 0 Å². The maximum absolute atomic E-state index is 6.05. The van der Waals surface area contributed by atoms with Gasteiger partial charge in [-0.15, -0.1) is 0 Å². The monoisotopic (exact) mass is 273 g/mol. The number of nitrogens with zero attached hydrogens (tertiary/aromatic N) is 2. The first-order valence-corrected chi connectivity index (χ1v) is 6.91. The molecule has 0 spiro atoms. The van der Waals surface area contributed by atoms with E-state index in [1.54, 1.807) is 11.3 Å². The number of hydrogen-bond donors (Lipinski definition) is 1. The first-order chi connectivity index (χ1) is 8.00. The van der Waals surface area contributed by atoms with Crippen molar-refractivity contribution in [3.63, 3.8) is 0 Å². The Balaban J connectivity index is 2.48. The molecule has 0 radical (unpaired) electrons. The van der Waals surface area contributed by atoms with Crippen molar-refractivity contribution in [1.29, 1.82) is 0 Å². The van der Waals surface area contributed by atoms with Crippen LogP contribution in [0.25, 0.3) is 6.08 Å². The number of thiazole rings is 1. The highest BCUT2D eigenvalue weighted by molar-refractivity contribution is 7.17. The first kappa shape index (κ1) is 14.5. The molecule has 1 aromatic rings. The van der Waals surface area contributed by atoms with Crippen molar-refractivity contribution in [1.82, 2.24) is 10.3 Å². The molecule has 0 unspecified atom stereocenters. The maximum Gasteiger partial charge on any atom is 0.186 e. The van der Waals surface area contributed by atoms with Crippen molar-refractivity contribution in [2.75, 3.05) is 32.1 Å². The molecular formula is C12H20ClN3S. The minimum Gasteiger partial charge on any atom is -0.354 e. The summed E-state index contributed by atoms with van der Waals surface area (Å²) in [6.45, 7) is 6.29. The molecular weight excluding hydrogens is 254 g/mol. The van der Waals surface area contributed by atoms with Gasteiger partial charge in [0.25, 0.3) is 0 Å². The number of halogens is 1. The van der Waals surface area contributed by atoms with Gasteiger partial charge in [-0.1, -0.05) is 42.9 Å². The van der Waals surface area contributed by atoms with E-state index in [2.05, 4.69) is 30.2 Å². The van der Waals surface area contributed by atoms with Crippen molar-refractivity contribution in [3.05, 3.63) is 16.1 Å². The second-order valence-corrected chi connectivity index (χ2v) is 5.87. The Bertz CT molecular complexity index is 372. The molecule has 0 aliphatic carbocycles. The van der Waals surface area contributed by atoms with E-state index < -0.39 is 0 Å². The van der Waals surface area contributed by atoms with Gasteiger partial charge in [0.15, 0.2) is 5.13 Å². The van der Waals surface area contributed by atoms with Crippen LogP contribution in [0.4, 0.5) is 5.13 Å². The average molecular weight is 274 g/mol. The third kappa shape index (κ3) is 5.06.